The van der Waals surface area contributed by atoms with Gasteiger partial charge in [0.15, 0.2) is 0 Å². The van der Waals surface area contributed by atoms with Crippen molar-refractivity contribution in [3.05, 3.63) is 71.5 Å². The van der Waals surface area contributed by atoms with Gasteiger partial charge in [0.1, 0.15) is 5.75 Å². The van der Waals surface area contributed by atoms with Crippen LogP contribution < -0.4 is 15.8 Å². The molecule has 0 saturated carbocycles. The van der Waals surface area contributed by atoms with Crippen molar-refractivity contribution in [1.82, 2.24) is 4.57 Å². The summed E-state index contributed by atoms with van der Waals surface area (Å²) in [4.78, 5) is 24.9. The van der Waals surface area contributed by atoms with Crippen molar-refractivity contribution >= 4 is 29.3 Å². The Morgan fingerprint density at radius 3 is 2.45 bits per heavy atom. The second-order valence-corrected chi connectivity index (χ2v) is 7.54. The lowest BCUT2D eigenvalue weighted by Crippen LogP contribution is -2.15. The first-order chi connectivity index (χ1) is 13.9. The molecule has 0 saturated heterocycles. The number of nitrogens with zero attached hydrogens (tertiary/aromatic N) is 1. The van der Waals surface area contributed by atoms with Gasteiger partial charge in [0.25, 0.3) is 5.91 Å². The largest absolute Gasteiger partial charge is 0.497 e. The molecule has 2 aromatic carbocycles. The Bertz CT molecular complexity index is 1040. The first-order valence-corrected chi connectivity index (χ1v) is 10.0. The van der Waals surface area contributed by atoms with E-state index in [-0.39, 0.29) is 11.7 Å². The Morgan fingerprint density at radius 1 is 1.10 bits per heavy atom. The number of hydrogen-bond acceptors (Lipinski definition) is 4. The van der Waals surface area contributed by atoms with Gasteiger partial charge in [-0.3, -0.25) is 9.59 Å². The smallest absolute Gasteiger partial charge is 0.257 e. The number of amides is 2. The highest BCUT2D eigenvalue weighted by molar-refractivity contribution is 8.00. The summed E-state index contributed by atoms with van der Waals surface area (Å²) in [6.45, 7) is 3.88. The molecule has 0 bridgehead atoms. The van der Waals surface area contributed by atoms with E-state index in [1.165, 1.54) is 11.8 Å². The second kappa shape index (κ2) is 8.87. The van der Waals surface area contributed by atoms with E-state index in [2.05, 4.69) is 5.32 Å². The second-order valence-electron chi connectivity index (χ2n) is 6.52. The summed E-state index contributed by atoms with van der Waals surface area (Å²) in [6, 6.07) is 16.9. The summed E-state index contributed by atoms with van der Waals surface area (Å²) in [5.74, 6) is 0.321. The average Bonchev–Trinajstić information content (AvgIpc) is 3.01. The van der Waals surface area contributed by atoms with E-state index in [4.69, 9.17) is 10.5 Å². The van der Waals surface area contributed by atoms with Gasteiger partial charge < -0.3 is 20.4 Å². The fourth-order valence-electron chi connectivity index (χ4n) is 3.16. The Hall–Kier alpha value is -3.19. The third kappa shape index (κ3) is 4.63. The van der Waals surface area contributed by atoms with Gasteiger partial charge >= 0.3 is 0 Å². The van der Waals surface area contributed by atoms with E-state index in [9.17, 15) is 9.59 Å². The van der Waals surface area contributed by atoms with Crippen molar-refractivity contribution in [2.75, 3.05) is 18.2 Å². The highest BCUT2D eigenvalue weighted by Gasteiger charge is 2.18. The van der Waals surface area contributed by atoms with Crippen LogP contribution in [0.2, 0.25) is 0 Å². The molecule has 1 aromatic heterocycles. The first-order valence-electron chi connectivity index (χ1n) is 9.05. The molecule has 0 spiro atoms. The molecule has 0 aliphatic heterocycles. The van der Waals surface area contributed by atoms with E-state index < -0.39 is 5.91 Å². The number of aryl methyl sites for hydroxylation is 1. The number of carbonyl (C=O) groups is 2. The van der Waals surface area contributed by atoms with E-state index in [0.717, 1.165) is 27.7 Å². The molecule has 2 amide bonds. The van der Waals surface area contributed by atoms with Crippen LogP contribution in [0.5, 0.6) is 5.75 Å². The molecule has 3 aromatic rings. The van der Waals surface area contributed by atoms with Crippen molar-refractivity contribution in [2.45, 2.75) is 18.7 Å². The van der Waals surface area contributed by atoms with Crippen LogP contribution in [0, 0.1) is 13.8 Å². The monoisotopic (exact) mass is 409 g/mol. The molecule has 29 heavy (non-hydrogen) atoms. The van der Waals surface area contributed by atoms with Gasteiger partial charge in [0.2, 0.25) is 5.91 Å². The molecular weight excluding hydrogens is 386 g/mol. The van der Waals surface area contributed by atoms with Gasteiger partial charge in [-0.2, -0.15) is 0 Å². The molecule has 0 radical (unpaired) electrons. The number of aromatic nitrogens is 1. The van der Waals surface area contributed by atoms with Gasteiger partial charge in [-0.25, -0.2) is 0 Å². The standard InChI is InChI=1S/C22H23N3O3S/c1-14-12-18(15(2)25(14)16-8-10-17(28-3)11-9-16)22(27)24-19-6-4-5-7-20(19)29-13-21(23)26/h4-12H,13H2,1-3H3,(H2,23,26)(H,24,27). The van der Waals surface area contributed by atoms with Crippen LogP contribution in [0.15, 0.2) is 59.5 Å². The van der Waals surface area contributed by atoms with Crippen molar-refractivity contribution < 1.29 is 14.3 Å². The summed E-state index contributed by atoms with van der Waals surface area (Å²) in [7, 11) is 1.63. The summed E-state index contributed by atoms with van der Waals surface area (Å²) >= 11 is 1.30. The molecule has 150 valence electrons. The van der Waals surface area contributed by atoms with Gasteiger partial charge in [0.05, 0.1) is 24.1 Å². The Labute approximate surface area is 174 Å². The Kier molecular flexibility index (Phi) is 6.29. The third-order valence-corrected chi connectivity index (χ3v) is 5.61. The zero-order valence-electron chi connectivity index (χ0n) is 16.6. The molecule has 0 atom stereocenters. The minimum absolute atomic E-state index is 0.152. The number of para-hydroxylation sites is 1. The van der Waals surface area contributed by atoms with Crippen LogP contribution in [-0.2, 0) is 4.79 Å². The fraction of sp³-hybridized carbons (Fsp3) is 0.182. The number of nitrogens with one attached hydrogen (secondary N) is 1. The topological polar surface area (TPSA) is 86.3 Å². The highest BCUT2D eigenvalue weighted by atomic mass is 32.2. The number of methoxy groups -OCH3 is 1. The van der Waals surface area contributed by atoms with Crippen molar-refractivity contribution in [3.63, 3.8) is 0 Å². The minimum Gasteiger partial charge on any atom is -0.497 e. The summed E-state index contributed by atoms with van der Waals surface area (Å²) in [5.41, 5.74) is 9.23. The number of primary amides is 1. The normalized spacial score (nSPS) is 10.6. The lowest BCUT2D eigenvalue weighted by atomic mass is 10.2. The van der Waals surface area contributed by atoms with Crippen LogP contribution in [0.25, 0.3) is 5.69 Å². The first kappa shape index (κ1) is 20.5. The number of rotatable bonds is 7. The fourth-order valence-corrected chi connectivity index (χ4v) is 3.90. The number of benzene rings is 2. The van der Waals surface area contributed by atoms with Crippen LogP contribution in [0.3, 0.4) is 0 Å². The van der Waals surface area contributed by atoms with Gasteiger partial charge in [-0.15, -0.1) is 11.8 Å². The van der Waals surface area contributed by atoms with Crippen molar-refractivity contribution in [2.24, 2.45) is 5.73 Å². The van der Waals surface area contributed by atoms with Crippen LogP contribution in [-0.4, -0.2) is 29.2 Å². The predicted molar refractivity (Wildman–Crippen MR) is 116 cm³/mol. The summed E-state index contributed by atoms with van der Waals surface area (Å²) < 4.78 is 7.25. The van der Waals surface area contributed by atoms with Crippen LogP contribution in [0.4, 0.5) is 5.69 Å². The lowest BCUT2D eigenvalue weighted by molar-refractivity contribution is -0.115. The quantitative estimate of drug-likeness (QED) is 0.579. The zero-order chi connectivity index (χ0) is 21.0. The van der Waals surface area contributed by atoms with E-state index in [1.54, 1.807) is 7.11 Å². The molecule has 6 nitrogen and oxygen atoms in total. The minimum atomic E-state index is -0.404. The van der Waals surface area contributed by atoms with Crippen LogP contribution >= 0.6 is 11.8 Å². The van der Waals surface area contributed by atoms with E-state index >= 15 is 0 Å². The average molecular weight is 410 g/mol. The molecule has 7 heteroatoms. The van der Waals surface area contributed by atoms with Gasteiger partial charge in [-0.1, -0.05) is 12.1 Å². The third-order valence-electron chi connectivity index (χ3n) is 4.51. The van der Waals surface area contributed by atoms with Crippen molar-refractivity contribution in [3.8, 4) is 11.4 Å². The molecule has 0 unspecified atom stereocenters. The molecule has 0 fully saturated rings. The number of thioether (sulfide) groups is 1. The molecule has 3 N–H and O–H groups in total. The maximum absolute atomic E-state index is 13.0. The van der Waals surface area contributed by atoms with Gasteiger partial charge in [0, 0.05) is 22.0 Å². The number of hydrogen-bond donors (Lipinski definition) is 2. The molecule has 0 aliphatic carbocycles. The molecule has 3 rings (SSSR count). The number of anilines is 1. The summed E-state index contributed by atoms with van der Waals surface area (Å²) in [5, 5.41) is 2.96. The van der Waals surface area contributed by atoms with Gasteiger partial charge in [-0.05, 0) is 56.3 Å². The maximum Gasteiger partial charge on any atom is 0.257 e. The van der Waals surface area contributed by atoms with E-state index in [1.807, 2.05) is 73.0 Å². The SMILES string of the molecule is COc1ccc(-n2c(C)cc(C(=O)Nc3ccccc3SCC(N)=O)c2C)cc1. The zero-order valence-corrected chi connectivity index (χ0v) is 17.4. The number of carbonyl (C=O) groups excluding carboxylic acids is 2. The predicted octanol–water partition coefficient (Wildman–Crippen LogP) is 3.93. The molecule has 1 heterocycles. The highest BCUT2D eigenvalue weighted by Crippen LogP contribution is 2.28. The number of ether oxygens (including phenoxy) is 1. The van der Waals surface area contributed by atoms with E-state index in [0.29, 0.717) is 11.3 Å². The molecule has 0 aliphatic rings. The lowest BCUT2D eigenvalue weighted by Gasteiger charge is -2.12. The Morgan fingerprint density at radius 2 is 1.79 bits per heavy atom. The maximum atomic E-state index is 13.0. The molecular formula is C22H23N3O3S. The Balaban J connectivity index is 1.87. The van der Waals surface area contributed by atoms with Crippen molar-refractivity contribution in [1.29, 1.82) is 0 Å². The summed E-state index contributed by atoms with van der Waals surface area (Å²) in [6.07, 6.45) is 0. The van der Waals surface area contributed by atoms with Crippen LogP contribution in [0.1, 0.15) is 21.7 Å². The number of nitrogens with two attached hydrogens (primary N) is 1.